The van der Waals surface area contributed by atoms with Gasteiger partial charge >= 0.3 is 0 Å². The van der Waals surface area contributed by atoms with Gasteiger partial charge in [0.15, 0.2) is 0 Å². The first-order valence-corrected chi connectivity index (χ1v) is 4.09. The van der Waals surface area contributed by atoms with Crippen LogP contribution in [0.3, 0.4) is 0 Å². The molecule has 2 nitrogen and oxygen atoms in total. The summed E-state index contributed by atoms with van der Waals surface area (Å²) in [5.41, 5.74) is 7.43. The molecule has 2 N–H and O–H groups in total. The molecule has 2 aromatic rings. The maximum atomic E-state index is 5.68. The van der Waals surface area contributed by atoms with Gasteiger partial charge in [0.25, 0.3) is 0 Å². The molecule has 0 aliphatic heterocycles. The van der Waals surface area contributed by atoms with E-state index in [1.165, 1.54) is 0 Å². The van der Waals surface area contributed by atoms with Crippen molar-refractivity contribution in [3.8, 4) is 0 Å². The highest BCUT2D eigenvalue weighted by Gasteiger charge is 2.01. The molecule has 0 fully saturated rings. The highest BCUT2D eigenvalue weighted by molar-refractivity contribution is 6.33. The molecule has 0 bridgehead atoms. The quantitative estimate of drug-likeness (QED) is 0.594. The standard InChI is InChI=1S/C10H9BN2/c1-6-9-4-8(11)3-2-7(9)5-13-10(6)12/h2-5H,1H3,(H2,12,13). The van der Waals surface area contributed by atoms with E-state index in [4.69, 9.17) is 13.6 Å². The molecular formula is C10H9BN2. The Morgan fingerprint density at radius 1 is 1.38 bits per heavy atom. The number of aromatic nitrogens is 1. The average molecular weight is 168 g/mol. The van der Waals surface area contributed by atoms with E-state index in [0.717, 1.165) is 21.8 Å². The number of pyridine rings is 1. The summed E-state index contributed by atoms with van der Waals surface area (Å²) >= 11 is 0. The van der Waals surface area contributed by atoms with E-state index in [-0.39, 0.29) is 0 Å². The topological polar surface area (TPSA) is 38.9 Å². The SMILES string of the molecule is [B]c1ccc2cnc(N)c(C)c2c1. The Hall–Kier alpha value is -1.51. The molecule has 2 radical (unpaired) electrons. The largest absolute Gasteiger partial charge is 0.383 e. The molecule has 0 unspecified atom stereocenters. The van der Waals surface area contributed by atoms with Crippen molar-refractivity contribution in [3.63, 3.8) is 0 Å². The number of nitrogens with zero attached hydrogens (tertiary/aromatic N) is 1. The second-order valence-electron chi connectivity index (χ2n) is 3.12. The fourth-order valence-electron chi connectivity index (χ4n) is 1.39. The molecule has 1 aromatic carbocycles. The third-order valence-electron chi connectivity index (χ3n) is 2.21. The monoisotopic (exact) mass is 168 g/mol. The second kappa shape index (κ2) is 2.77. The fraction of sp³-hybridized carbons (Fsp3) is 0.100. The molecule has 1 aromatic heterocycles. The highest BCUT2D eigenvalue weighted by atomic mass is 14.8. The number of hydrogen-bond donors (Lipinski definition) is 1. The van der Waals surface area contributed by atoms with Crippen LogP contribution in [0, 0.1) is 6.92 Å². The molecule has 3 heteroatoms. The molecular weight excluding hydrogens is 159 g/mol. The Morgan fingerprint density at radius 3 is 2.92 bits per heavy atom. The van der Waals surface area contributed by atoms with E-state index < -0.39 is 0 Å². The lowest BCUT2D eigenvalue weighted by Gasteiger charge is -2.05. The first kappa shape index (κ1) is 8.11. The summed E-state index contributed by atoms with van der Waals surface area (Å²) in [4.78, 5) is 4.07. The molecule has 0 aliphatic carbocycles. The van der Waals surface area contributed by atoms with E-state index in [0.29, 0.717) is 5.82 Å². The number of rotatable bonds is 0. The van der Waals surface area contributed by atoms with Crippen molar-refractivity contribution in [3.05, 3.63) is 30.0 Å². The Labute approximate surface area is 78.2 Å². The van der Waals surface area contributed by atoms with Gasteiger partial charge in [0, 0.05) is 11.6 Å². The molecule has 0 amide bonds. The van der Waals surface area contributed by atoms with Gasteiger partial charge in [-0.15, -0.1) is 0 Å². The zero-order valence-electron chi connectivity index (χ0n) is 7.41. The van der Waals surface area contributed by atoms with Crippen molar-refractivity contribution >= 4 is 29.9 Å². The Kier molecular flexibility index (Phi) is 1.73. The van der Waals surface area contributed by atoms with Gasteiger partial charge in [-0.25, -0.2) is 4.98 Å². The number of aryl methyl sites for hydroxylation is 1. The summed E-state index contributed by atoms with van der Waals surface area (Å²) in [5, 5.41) is 2.15. The van der Waals surface area contributed by atoms with Gasteiger partial charge < -0.3 is 5.73 Å². The maximum Gasteiger partial charge on any atom is 0.126 e. The van der Waals surface area contributed by atoms with Gasteiger partial charge in [-0.2, -0.15) is 0 Å². The highest BCUT2D eigenvalue weighted by Crippen LogP contribution is 2.19. The molecule has 2 rings (SSSR count). The summed E-state index contributed by atoms with van der Waals surface area (Å²) in [5.74, 6) is 0.568. The summed E-state index contributed by atoms with van der Waals surface area (Å²) in [6, 6.07) is 5.73. The van der Waals surface area contributed by atoms with E-state index in [1.54, 1.807) is 6.20 Å². The zero-order valence-corrected chi connectivity index (χ0v) is 7.41. The number of anilines is 1. The van der Waals surface area contributed by atoms with Gasteiger partial charge in [0.1, 0.15) is 13.7 Å². The minimum absolute atomic E-state index is 0.568. The van der Waals surface area contributed by atoms with Gasteiger partial charge in [0.05, 0.1) is 0 Å². The van der Waals surface area contributed by atoms with Crippen LogP contribution in [0.4, 0.5) is 5.82 Å². The predicted octanol–water partition coefficient (Wildman–Crippen LogP) is 0.919. The van der Waals surface area contributed by atoms with Crippen molar-refractivity contribution < 1.29 is 0 Å². The molecule has 0 aliphatic rings. The van der Waals surface area contributed by atoms with E-state index in [2.05, 4.69) is 4.98 Å². The van der Waals surface area contributed by atoms with E-state index in [1.807, 2.05) is 25.1 Å². The lowest BCUT2D eigenvalue weighted by atomic mass is 9.93. The Bertz CT molecular complexity index is 460. The zero-order chi connectivity index (χ0) is 9.42. The van der Waals surface area contributed by atoms with Gasteiger partial charge in [-0.05, 0) is 17.9 Å². The summed E-state index contributed by atoms with van der Waals surface area (Å²) in [6.07, 6.45) is 1.76. The second-order valence-corrected chi connectivity index (χ2v) is 3.12. The molecule has 1 heterocycles. The van der Waals surface area contributed by atoms with Gasteiger partial charge in [0.2, 0.25) is 0 Å². The van der Waals surface area contributed by atoms with Crippen LogP contribution >= 0.6 is 0 Å². The first-order valence-electron chi connectivity index (χ1n) is 4.09. The van der Waals surface area contributed by atoms with E-state index in [9.17, 15) is 0 Å². The number of hydrogen-bond acceptors (Lipinski definition) is 2. The third kappa shape index (κ3) is 1.26. The van der Waals surface area contributed by atoms with Gasteiger partial charge in [-0.3, -0.25) is 0 Å². The maximum absolute atomic E-state index is 5.68. The summed E-state index contributed by atoms with van der Waals surface area (Å²) < 4.78 is 0. The Balaban J connectivity index is 2.89. The summed E-state index contributed by atoms with van der Waals surface area (Å²) in [6.45, 7) is 1.95. The van der Waals surface area contributed by atoms with Crippen LogP contribution in [-0.4, -0.2) is 12.8 Å². The van der Waals surface area contributed by atoms with Crippen molar-refractivity contribution in [1.29, 1.82) is 0 Å². The predicted molar refractivity (Wildman–Crippen MR) is 56.3 cm³/mol. The van der Waals surface area contributed by atoms with Crippen molar-refractivity contribution in [1.82, 2.24) is 4.98 Å². The van der Waals surface area contributed by atoms with Crippen molar-refractivity contribution in [2.45, 2.75) is 6.92 Å². The lowest BCUT2D eigenvalue weighted by Crippen LogP contribution is -2.02. The third-order valence-corrected chi connectivity index (χ3v) is 2.21. The van der Waals surface area contributed by atoms with Crippen LogP contribution in [0.1, 0.15) is 5.56 Å². The normalized spacial score (nSPS) is 10.5. The summed E-state index contributed by atoms with van der Waals surface area (Å²) in [7, 11) is 5.68. The molecule has 0 saturated carbocycles. The molecule has 0 saturated heterocycles. The van der Waals surface area contributed by atoms with E-state index >= 15 is 0 Å². The van der Waals surface area contributed by atoms with Crippen LogP contribution in [-0.2, 0) is 0 Å². The number of nitrogen functional groups attached to an aromatic ring is 1. The molecule has 62 valence electrons. The number of nitrogens with two attached hydrogens (primary N) is 1. The lowest BCUT2D eigenvalue weighted by molar-refractivity contribution is 1.32. The van der Waals surface area contributed by atoms with Crippen LogP contribution in [0.5, 0.6) is 0 Å². The van der Waals surface area contributed by atoms with Crippen molar-refractivity contribution in [2.24, 2.45) is 0 Å². The Morgan fingerprint density at radius 2 is 2.15 bits per heavy atom. The van der Waals surface area contributed by atoms with Crippen LogP contribution < -0.4 is 11.2 Å². The van der Waals surface area contributed by atoms with Gasteiger partial charge in [-0.1, -0.05) is 23.7 Å². The minimum Gasteiger partial charge on any atom is -0.383 e. The van der Waals surface area contributed by atoms with Crippen molar-refractivity contribution in [2.75, 3.05) is 5.73 Å². The van der Waals surface area contributed by atoms with Crippen LogP contribution in [0.2, 0.25) is 0 Å². The average Bonchev–Trinajstić information content (AvgIpc) is 2.12. The molecule has 0 atom stereocenters. The smallest absolute Gasteiger partial charge is 0.126 e. The molecule has 0 spiro atoms. The van der Waals surface area contributed by atoms with Crippen LogP contribution in [0.15, 0.2) is 24.4 Å². The number of benzene rings is 1. The van der Waals surface area contributed by atoms with Crippen LogP contribution in [0.25, 0.3) is 10.8 Å². The fourth-order valence-corrected chi connectivity index (χ4v) is 1.39. The number of fused-ring (bicyclic) bond motifs is 1. The first-order chi connectivity index (χ1) is 6.18. The molecule has 13 heavy (non-hydrogen) atoms. The minimum atomic E-state index is 0.568.